The standard InChI is InChI=1S/C17H14N2O2/c18-21-17(20)9-7-13-6-8-16-14(12-13)10-11-19(16)15-4-2-1-3-5-15/h1-12H,18H2. The molecule has 2 N–H and O–H groups in total. The minimum absolute atomic E-state index is 0.572. The maximum atomic E-state index is 11.0. The van der Waals surface area contributed by atoms with E-state index in [9.17, 15) is 4.79 Å². The first-order chi connectivity index (χ1) is 10.3. The van der Waals surface area contributed by atoms with Gasteiger partial charge in [0.15, 0.2) is 0 Å². The van der Waals surface area contributed by atoms with Gasteiger partial charge in [0.2, 0.25) is 0 Å². The Morgan fingerprint density at radius 3 is 2.67 bits per heavy atom. The van der Waals surface area contributed by atoms with Gasteiger partial charge in [-0.15, -0.1) is 0 Å². The van der Waals surface area contributed by atoms with Gasteiger partial charge in [0, 0.05) is 23.3 Å². The van der Waals surface area contributed by atoms with Crippen molar-refractivity contribution in [2.45, 2.75) is 0 Å². The molecule has 0 aliphatic heterocycles. The third-order valence-electron chi connectivity index (χ3n) is 3.28. The molecule has 0 saturated heterocycles. The van der Waals surface area contributed by atoms with E-state index in [2.05, 4.69) is 21.5 Å². The molecule has 4 nitrogen and oxygen atoms in total. The zero-order chi connectivity index (χ0) is 14.7. The van der Waals surface area contributed by atoms with Gasteiger partial charge in [-0.25, -0.2) is 4.79 Å². The predicted molar refractivity (Wildman–Crippen MR) is 82.6 cm³/mol. The van der Waals surface area contributed by atoms with E-state index < -0.39 is 5.97 Å². The summed E-state index contributed by atoms with van der Waals surface area (Å²) in [7, 11) is 0. The number of hydrogen-bond acceptors (Lipinski definition) is 3. The van der Waals surface area contributed by atoms with Crippen LogP contribution in [-0.2, 0) is 9.63 Å². The fourth-order valence-electron chi connectivity index (χ4n) is 2.28. The lowest BCUT2D eigenvalue weighted by Gasteiger charge is -2.05. The topological polar surface area (TPSA) is 57.2 Å². The molecule has 21 heavy (non-hydrogen) atoms. The molecule has 0 saturated carbocycles. The van der Waals surface area contributed by atoms with Crippen LogP contribution in [0.2, 0.25) is 0 Å². The zero-order valence-electron chi connectivity index (χ0n) is 11.3. The van der Waals surface area contributed by atoms with Crippen LogP contribution in [0.15, 0.2) is 66.9 Å². The average molecular weight is 278 g/mol. The highest BCUT2D eigenvalue weighted by Crippen LogP contribution is 2.22. The van der Waals surface area contributed by atoms with Gasteiger partial charge in [-0.3, -0.25) is 0 Å². The third-order valence-corrected chi connectivity index (χ3v) is 3.28. The Morgan fingerprint density at radius 1 is 1.10 bits per heavy atom. The molecule has 0 radical (unpaired) electrons. The number of para-hydroxylation sites is 1. The Hall–Kier alpha value is -2.85. The van der Waals surface area contributed by atoms with Crippen molar-refractivity contribution in [2.75, 3.05) is 0 Å². The van der Waals surface area contributed by atoms with Gasteiger partial charge in [-0.2, -0.15) is 5.90 Å². The molecule has 0 unspecified atom stereocenters. The third kappa shape index (κ3) is 2.70. The predicted octanol–water partition coefficient (Wildman–Crippen LogP) is 3.06. The number of rotatable bonds is 3. The van der Waals surface area contributed by atoms with Gasteiger partial charge in [0.25, 0.3) is 0 Å². The van der Waals surface area contributed by atoms with Crippen LogP contribution in [0, 0.1) is 0 Å². The molecule has 0 aliphatic rings. The van der Waals surface area contributed by atoms with E-state index in [-0.39, 0.29) is 0 Å². The Morgan fingerprint density at radius 2 is 1.90 bits per heavy atom. The second kappa shape index (κ2) is 5.64. The van der Waals surface area contributed by atoms with E-state index in [0.29, 0.717) is 0 Å². The highest BCUT2D eigenvalue weighted by Gasteiger charge is 2.03. The summed E-state index contributed by atoms with van der Waals surface area (Å²) < 4.78 is 2.12. The number of hydrogen-bond donors (Lipinski definition) is 1. The Bertz CT molecular complexity index is 804. The molecule has 0 bridgehead atoms. The Balaban J connectivity index is 1.98. The van der Waals surface area contributed by atoms with E-state index in [1.165, 1.54) is 6.08 Å². The molecule has 0 atom stereocenters. The van der Waals surface area contributed by atoms with Crippen LogP contribution in [0.5, 0.6) is 0 Å². The van der Waals surface area contributed by atoms with Crippen LogP contribution < -0.4 is 5.90 Å². The maximum Gasteiger partial charge on any atom is 0.349 e. The number of carbonyl (C=O) groups is 1. The first kappa shape index (κ1) is 13.1. The van der Waals surface area contributed by atoms with Crippen LogP contribution in [-0.4, -0.2) is 10.5 Å². The lowest BCUT2D eigenvalue weighted by molar-refractivity contribution is -0.138. The minimum Gasteiger partial charge on any atom is -0.370 e. The molecule has 0 spiro atoms. The van der Waals surface area contributed by atoms with Crippen molar-refractivity contribution in [1.29, 1.82) is 0 Å². The molecule has 104 valence electrons. The highest BCUT2D eigenvalue weighted by atomic mass is 16.7. The number of fused-ring (bicyclic) bond motifs is 1. The molecule has 4 heteroatoms. The van der Waals surface area contributed by atoms with Gasteiger partial charge in [-0.1, -0.05) is 24.3 Å². The van der Waals surface area contributed by atoms with Gasteiger partial charge in [0.1, 0.15) is 0 Å². The lowest BCUT2D eigenvalue weighted by atomic mass is 10.1. The van der Waals surface area contributed by atoms with E-state index in [0.717, 1.165) is 22.2 Å². The van der Waals surface area contributed by atoms with Gasteiger partial charge in [0.05, 0.1) is 5.52 Å². The second-order valence-corrected chi connectivity index (χ2v) is 4.61. The number of carbonyl (C=O) groups excluding carboxylic acids is 1. The van der Waals surface area contributed by atoms with Gasteiger partial charge < -0.3 is 9.40 Å². The van der Waals surface area contributed by atoms with E-state index in [4.69, 9.17) is 5.90 Å². The van der Waals surface area contributed by atoms with Crippen LogP contribution in [0.4, 0.5) is 0 Å². The summed E-state index contributed by atoms with van der Waals surface area (Å²) in [6.45, 7) is 0. The molecule has 1 heterocycles. The van der Waals surface area contributed by atoms with E-state index in [1.54, 1.807) is 6.08 Å². The summed E-state index contributed by atoms with van der Waals surface area (Å²) in [4.78, 5) is 15.1. The fourth-order valence-corrected chi connectivity index (χ4v) is 2.28. The Kier molecular flexibility index (Phi) is 3.53. The number of benzene rings is 2. The van der Waals surface area contributed by atoms with E-state index >= 15 is 0 Å². The first-order valence-electron chi connectivity index (χ1n) is 6.53. The molecular weight excluding hydrogens is 264 g/mol. The summed E-state index contributed by atoms with van der Waals surface area (Å²) in [6.07, 6.45) is 5.01. The van der Waals surface area contributed by atoms with Crippen LogP contribution >= 0.6 is 0 Å². The molecule has 2 aromatic carbocycles. The van der Waals surface area contributed by atoms with Crippen molar-refractivity contribution in [1.82, 2.24) is 4.57 Å². The molecule has 3 aromatic rings. The highest BCUT2D eigenvalue weighted by molar-refractivity contribution is 5.89. The summed E-state index contributed by atoms with van der Waals surface area (Å²) in [5.74, 6) is 4.22. The average Bonchev–Trinajstić information content (AvgIpc) is 2.96. The number of nitrogens with zero attached hydrogens (tertiary/aromatic N) is 1. The fraction of sp³-hybridized carbons (Fsp3) is 0. The van der Waals surface area contributed by atoms with Crippen molar-refractivity contribution in [3.63, 3.8) is 0 Å². The quantitative estimate of drug-likeness (QED) is 0.591. The first-order valence-corrected chi connectivity index (χ1v) is 6.53. The molecule has 1 aromatic heterocycles. The molecule has 0 amide bonds. The smallest absolute Gasteiger partial charge is 0.349 e. The minimum atomic E-state index is -0.572. The Labute approximate surface area is 122 Å². The lowest BCUT2D eigenvalue weighted by Crippen LogP contribution is -2.05. The molecule has 3 rings (SSSR count). The van der Waals surface area contributed by atoms with E-state index in [1.807, 2.05) is 48.7 Å². The number of nitrogens with two attached hydrogens (primary N) is 1. The van der Waals surface area contributed by atoms with Crippen molar-refractivity contribution in [3.8, 4) is 5.69 Å². The van der Waals surface area contributed by atoms with Crippen molar-refractivity contribution in [2.24, 2.45) is 5.90 Å². The summed E-state index contributed by atoms with van der Waals surface area (Å²) in [5, 5.41) is 1.10. The summed E-state index contributed by atoms with van der Waals surface area (Å²) >= 11 is 0. The van der Waals surface area contributed by atoms with Crippen LogP contribution in [0.3, 0.4) is 0 Å². The molecule has 0 aliphatic carbocycles. The van der Waals surface area contributed by atoms with Crippen molar-refractivity contribution >= 4 is 22.9 Å². The van der Waals surface area contributed by atoms with Crippen LogP contribution in [0.1, 0.15) is 5.56 Å². The van der Waals surface area contributed by atoms with Crippen molar-refractivity contribution < 1.29 is 9.63 Å². The normalized spacial score (nSPS) is 11.1. The van der Waals surface area contributed by atoms with Gasteiger partial charge >= 0.3 is 5.97 Å². The summed E-state index contributed by atoms with van der Waals surface area (Å²) in [6, 6.07) is 18.2. The molecular formula is C17H14N2O2. The SMILES string of the molecule is NOC(=O)C=Cc1ccc2c(ccn2-c2ccccc2)c1. The monoisotopic (exact) mass is 278 g/mol. The number of aromatic nitrogens is 1. The van der Waals surface area contributed by atoms with Crippen molar-refractivity contribution in [3.05, 3.63) is 72.4 Å². The largest absolute Gasteiger partial charge is 0.370 e. The summed E-state index contributed by atoms with van der Waals surface area (Å²) in [5.41, 5.74) is 3.14. The molecule has 0 fully saturated rings. The van der Waals surface area contributed by atoms with Crippen LogP contribution in [0.25, 0.3) is 22.7 Å². The second-order valence-electron chi connectivity index (χ2n) is 4.61. The zero-order valence-corrected chi connectivity index (χ0v) is 11.3. The maximum absolute atomic E-state index is 11.0. The van der Waals surface area contributed by atoms with Gasteiger partial charge in [-0.05, 0) is 42.0 Å².